The first-order chi connectivity index (χ1) is 14.4. The topological polar surface area (TPSA) is 92.3 Å². The van der Waals surface area contributed by atoms with Crippen molar-refractivity contribution in [3.63, 3.8) is 0 Å². The molecule has 1 amide bonds. The van der Waals surface area contributed by atoms with Crippen LogP contribution in [0, 0.1) is 0 Å². The van der Waals surface area contributed by atoms with E-state index >= 15 is 0 Å². The van der Waals surface area contributed by atoms with E-state index in [2.05, 4.69) is 10.0 Å². The Morgan fingerprint density at radius 1 is 0.867 bits per heavy atom. The van der Waals surface area contributed by atoms with Crippen molar-refractivity contribution in [2.45, 2.75) is 11.3 Å². The van der Waals surface area contributed by atoms with Gasteiger partial charge in [-0.1, -0.05) is 60.1 Å². The zero-order valence-electron chi connectivity index (χ0n) is 15.8. The molecule has 2 N–H and O–H groups in total. The maximum Gasteiger partial charge on any atom is 0.240 e. The van der Waals surface area contributed by atoms with E-state index in [4.69, 9.17) is 11.6 Å². The van der Waals surface area contributed by atoms with Crippen LogP contribution < -0.4 is 10.0 Å². The van der Waals surface area contributed by atoms with Crippen LogP contribution in [-0.4, -0.2) is 26.7 Å². The molecule has 0 spiro atoms. The van der Waals surface area contributed by atoms with E-state index in [9.17, 15) is 18.0 Å². The number of carbonyl (C=O) groups is 2. The number of carbonyl (C=O) groups excluding carboxylic acids is 2. The van der Waals surface area contributed by atoms with Gasteiger partial charge in [0, 0.05) is 29.1 Å². The lowest BCUT2D eigenvalue weighted by atomic mass is 10.0. The molecule has 6 nitrogen and oxygen atoms in total. The summed E-state index contributed by atoms with van der Waals surface area (Å²) < 4.78 is 26.8. The van der Waals surface area contributed by atoms with E-state index in [1.165, 1.54) is 18.2 Å². The summed E-state index contributed by atoms with van der Waals surface area (Å²) >= 11 is 6.03. The first-order valence-corrected chi connectivity index (χ1v) is 11.0. The van der Waals surface area contributed by atoms with Crippen LogP contribution in [0.25, 0.3) is 0 Å². The van der Waals surface area contributed by atoms with Crippen molar-refractivity contribution >= 4 is 39.0 Å². The van der Waals surface area contributed by atoms with Gasteiger partial charge in [-0.15, -0.1) is 0 Å². The second-order valence-electron chi connectivity index (χ2n) is 6.39. The largest absolute Gasteiger partial charge is 0.325 e. The third-order valence-corrected chi connectivity index (χ3v) is 5.95. The van der Waals surface area contributed by atoms with Crippen LogP contribution in [0.15, 0.2) is 83.8 Å². The molecule has 3 rings (SSSR count). The Labute approximate surface area is 179 Å². The fraction of sp³-hybridized carbons (Fsp3) is 0.0909. The van der Waals surface area contributed by atoms with Crippen molar-refractivity contribution in [3.05, 3.63) is 95.0 Å². The molecule has 0 aliphatic carbocycles. The van der Waals surface area contributed by atoms with E-state index < -0.39 is 15.9 Å². The summed E-state index contributed by atoms with van der Waals surface area (Å²) in [6, 6.07) is 21.2. The number of hydrogen-bond donors (Lipinski definition) is 2. The number of hydrogen-bond acceptors (Lipinski definition) is 4. The van der Waals surface area contributed by atoms with Crippen LogP contribution in [0.4, 0.5) is 5.69 Å². The van der Waals surface area contributed by atoms with Crippen molar-refractivity contribution in [3.8, 4) is 0 Å². The first kappa shape index (κ1) is 21.7. The molecule has 0 bridgehead atoms. The van der Waals surface area contributed by atoms with Crippen molar-refractivity contribution in [2.24, 2.45) is 0 Å². The molecule has 30 heavy (non-hydrogen) atoms. The number of benzene rings is 3. The molecule has 3 aromatic rings. The molecule has 0 radical (unpaired) electrons. The van der Waals surface area contributed by atoms with Crippen molar-refractivity contribution < 1.29 is 18.0 Å². The maximum atomic E-state index is 12.8. The summed E-state index contributed by atoms with van der Waals surface area (Å²) in [5.41, 5.74) is 1.04. The second-order valence-corrected chi connectivity index (χ2v) is 8.60. The number of anilines is 1. The monoisotopic (exact) mass is 442 g/mol. The molecule has 0 unspecified atom stereocenters. The lowest BCUT2D eigenvalue weighted by Crippen LogP contribution is -2.28. The van der Waals surface area contributed by atoms with Crippen molar-refractivity contribution in [1.82, 2.24) is 4.72 Å². The van der Waals surface area contributed by atoms with Gasteiger partial charge in [-0.25, -0.2) is 13.1 Å². The summed E-state index contributed by atoms with van der Waals surface area (Å²) in [5, 5.41) is 3.01. The Morgan fingerprint density at radius 3 is 2.17 bits per heavy atom. The van der Waals surface area contributed by atoms with Crippen LogP contribution in [0.1, 0.15) is 22.3 Å². The summed E-state index contributed by atoms with van der Waals surface area (Å²) in [6.07, 6.45) is -0.114. The SMILES string of the molecule is O=C(CCNS(=O)(=O)c1ccccc1)Nc1cc(Cl)ccc1C(=O)c1ccccc1. The minimum atomic E-state index is -3.70. The fourth-order valence-corrected chi connectivity index (χ4v) is 3.98. The van der Waals surface area contributed by atoms with Gasteiger partial charge in [0.15, 0.2) is 5.78 Å². The average Bonchev–Trinajstić information content (AvgIpc) is 2.74. The van der Waals surface area contributed by atoms with Gasteiger partial charge < -0.3 is 5.32 Å². The Kier molecular flexibility index (Phi) is 6.99. The highest BCUT2D eigenvalue weighted by Crippen LogP contribution is 2.24. The average molecular weight is 443 g/mol. The van der Waals surface area contributed by atoms with E-state index in [0.717, 1.165) is 0 Å². The Hall–Kier alpha value is -3.00. The minimum absolute atomic E-state index is 0.0917. The van der Waals surface area contributed by atoms with Gasteiger partial charge in [0.1, 0.15) is 0 Å². The van der Waals surface area contributed by atoms with Gasteiger partial charge >= 0.3 is 0 Å². The molecule has 0 aliphatic rings. The van der Waals surface area contributed by atoms with Gasteiger partial charge in [-0.3, -0.25) is 9.59 Å². The van der Waals surface area contributed by atoms with Gasteiger partial charge in [0.2, 0.25) is 15.9 Å². The van der Waals surface area contributed by atoms with E-state index in [0.29, 0.717) is 16.1 Å². The second kappa shape index (κ2) is 9.67. The van der Waals surface area contributed by atoms with Gasteiger partial charge in [-0.05, 0) is 30.3 Å². The quantitative estimate of drug-likeness (QED) is 0.518. The summed E-state index contributed by atoms with van der Waals surface area (Å²) in [7, 11) is -3.70. The lowest BCUT2D eigenvalue weighted by Gasteiger charge is -2.12. The van der Waals surface area contributed by atoms with Crippen LogP contribution in [0.5, 0.6) is 0 Å². The van der Waals surface area contributed by atoms with Crippen LogP contribution >= 0.6 is 11.6 Å². The third kappa shape index (κ3) is 5.54. The molecule has 0 saturated heterocycles. The zero-order chi connectivity index (χ0) is 21.6. The van der Waals surface area contributed by atoms with Gasteiger partial charge in [0.05, 0.1) is 10.6 Å². The lowest BCUT2D eigenvalue weighted by molar-refractivity contribution is -0.116. The Balaban J connectivity index is 1.67. The standard InChI is InChI=1S/C22H19ClN2O4S/c23-17-11-12-19(22(27)16-7-3-1-4-8-16)20(15-17)25-21(26)13-14-24-30(28,29)18-9-5-2-6-10-18/h1-12,15,24H,13-14H2,(H,25,26). The summed E-state index contributed by atoms with van der Waals surface area (Å²) in [5.74, 6) is -0.706. The highest BCUT2D eigenvalue weighted by molar-refractivity contribution is 7.89. The van der Waals surface area contributed by atoms with E-state index in [-0.39, 0.29) is 29.3 Å². The van der Waals surface area contributed by atoms with Crippen molar-refractivity contribution in [1.29, 1.82) is 0 Å². The highest BCUT2D eigenvalue weighted by atomic mass is 35.5. The molecular formula is C22H19ClN2O4S. The number of sulfonamides is 1. The van der Waals surface area contributed by atoms with Gasteiger partial charge in [0.25, 0.3) is 0 Å². The van der Waals surface area contributed by atoms with Crippen LogP contribution in [-0.2, 0) is 14.8 Å². The van der Waals surface area contributed by atoms with E-state index in [1.807, 2.05) is 0 Å². The predicted molar refractivity (Wildman–Crippen MR) is 116 cm³/mol. The molecule has 0 aliphatic heterocycles. The number of ketones is 1. The van der Waals surface area contributed by atoms with Gasteiger partial charge in [-0.2, -0.15) is 0 Å². The summed E-state index contributed by atoms with van der Waals surface area (Å²) in [6.45, 7) is -0.0917. The molecule has 0 atom stereocenters. The molecule has 0 aromatic heterocycles. The summed E-state index contributed by atoms with van der Waals surface area (Å²) in [4.78, 5) is 25.3. The Morgan fingerprint density at radius 2 is 1.50 bits per heavy atom. The molecule has 3 aromatic carbocycles. The first-order valence-electron chi connectivity index (χ1n) is 9.11. The third-order valence-electron chi connectivity index (χ3n) is 4.23. The number of nitrogens with one attached hydrogen (secondary N) is 2. The van der Waals surface area contributed by atoms with Crippen molar-refractivity contribution in [2.75, 3.05) is 11.9 Å². The predicted octanol–water partition coefficient (Wildman–Crippen LogP) is 3.88. The van der Waals surface area contributed by atoms with Crippen LogP contribution in [0.2, 0.25) is 5.02 Å². The maximum absolute atomic E-state index is 12.8. The smallest absolute Gasteiger partial charge is 0.240 e. The zero-order valence-corrected chi connectivity index (χ0v) is 17.4. The highest BCUT2D eigenvalue weighted by Gasteiger charge is 2.17. The number of halogens is 1. The molecule has 0 fully saturated rings. The van der Waals surface area contributed by atoms with Crippen LogP contribution in [0.3, 0.4) is 0 Å². The molecule has 8 heteroatoms. The molecule has 154 valence electrons. The number of amides is 1. The van der Waals surface area contributed by atoms with E-state index in [1.54, 1.807) is 60.7 Å². The minimum Gasteiger partial charge on any atom is -0.325 e. The normalized spacial score (nSPS) is 11.1. The molecule has 0 heterocycles. The fourth-order valence-electron chi connectivity index (χ4n) is 2.76. The molecule has 0 saturated carbocycles. The Bertz CT molecular complexity index is 1150. The number of rotatable bonds is 8. The molecular weight excluding hydrogens is 424 g/mol.